The van der Waals surface area contributed by atoms with E-state index < -0.39 is 24.2 Å². The summed E-state index contributed by atoms with van der Waals surface area (Å²) in [6, 6.07) is -0.536. The van der Waals surface area contributed by atoms with Gasteiger partial charge in [-0.05, 0) is 12.8 Å². The first-order valence-electron chi connectivity index (χ1n) is 8.76. The molecule has 11 heteroatoms. The lowest BCUT2D eigenvalue weighted by molar-refractivity contribution is -0.135. The molecule has 1 aliphatic heterocycles. The van der Waals surface area contributed by atoms with Gasteiger partial charge in [0.1, 0.15) is 13.2 Å². The van der Waals surface area contributed by atoms with Crippen LogP contribution in [0.2, 0.25) is 0 Å². The van der Waals surface area contributed by atoms with Crippen molar-refractivity contribution in [3.63, 3.8) is 0 Å². The molecule has 3 amide bonds. The van der Waals surface area contributed by atoms with Gasteiger partial charge in [0.05, 0.1) is 25.2 Å². The van der Waals surface area contributed by atoms with Crippen molar-refractivity contribution < 1.29 is 28.8 Å². The van der Waals surface area contributed by atoms with E-state index in [9.17, 15) is 19.5 Å². The molecule has 2 N–H and O–H groups in total. The smallest absolute Gasteiger partial charge is 0.410 e. The molecule has 0 aromatic carbocycles. The van der Waals surface area contributed by atoms with Crippen molar-refractivity contribution in [1.29, 1.82) is 0 Å². The minimum Gasteiger partial charge on any atom is -0.448 e. The Labute approximate surface area is 155 Å². The van der Waals surface area contributed by atoms with E-state index in [4.69, 9.17) is 9.26 Å². The number of aliphatic hydroxyl groups is 1. The minimum absolute atomic E-state index is 0.127. The molecule has 2 heterocycles. The van der Waals surface area contributed by atoms with Crippen LogP contribution in [0, 0.1) is 12.8 Å². The van der Waals surface area contributed by atoms with Crippen LogP contribution >= 0.6 is 0 Å². The van der Waals surface area contributed by atoms with Gasteiger partial charge in [0, 0.05) is 19.9 Å². The number of carbonyl (C=O) groups excluding carboxylic acids is 3. The summed E-state index contributed by atoms with van der Waals surface area (Å²) >= 11 is 0. The first kappa shape index (κ1) is 19.1. The molecule has 1 saturated heterocycles. The first-order chi connectivity index (χ1) is 12.8. The summed E-state index contributed by atoms with van der Waals surface area (Å²) in [6.07, 6.45) is -0.769. The number of cyclic esters (lactones) is 1. The van der Waals surface area contributed by atoms with Gasteiger partial charge in [0.15, 0.2) is 5.82 Å². The maximum absolute atomic E-state index is 12.6. The number of aliphatic hydroxyl groups excluding tert-OH is 1. The molecule has 27 heavy (non-hydrogen) atoms. The molecule has 0 unspecified atom stereocenters. The normalized spacial score (nSPS) is 24.8. The molecule has 0 spiro atoms. The second-order valence-corrected chi connectivity index (χ2v) is 6.87. The van der Waals surface area contributed by atoms with Crippen molar-refractivity contribution in [1.82, 2.24) is 25.3 Å². The molecule has 148 valence electrons. The van der Waals surface area contributed by atoms with Gasteiger partial charge in [-0.15, -0.1) is 0 Å². The SMILES string of the molecule is Cc1nc(CN(C)C(=O)[C@@H]2C[C@@H](O)[C@H](NC(=O)CN3CCOC3=O)C2)no1. The third-order valence-corrected chi connectivity index (χ3v) is 4.73. The van der Waals surface area contributed by atoms with E-state index in [0.717, 1.165) is 0 Å². The largest absolute Gasteiger partial charge is 0.448 e. The van der Waals surface area contributed by atoms with Gasteiger partial charge in [-0.1, -0.05) is 5.16 Å². The molecule has 0 bridgehead atoms. The molecular weight excluding hydrogens is 358 g/mol. The highest BCUT2D eigenvalue weighted by Gasteiger charge is 2.39. The van der Waals surface area contributed by atoms with E-state index in [-0.39, 0.29) is 37.9 Å². The lowest BCUT2D eigenvalue weighted by Crippen LogP contribution is -2.45. The van der Waals surface area contributed by atoms with Crippen molar-refractivity contribution in [3.05, 3.63) is 11.7 Å². The molecule has 11 nitrogen and oxygen atoms in total. The monoisotopic (exact) mass is 381 g/mol. The number of hydrogen-bond donors (Lipinski definition) is 2. The highest BCUT2D eigenvalue weighted by atomic mass is 16.6. The fraction of sp³-hybridized carbons (Fsp3) is 0.688. The summed E-state index contributed by atoms with van der Waals surface area (Å²) in [4.78, 5) is 42.9. The second kappa shape index (κ2) is 7.91. The standard InChI is InChI=1S/C16H23N5O6/c1-9-17-13(19-27-9)7-20(2)15(24)10-5-11(12(22)6-10)18-14(23)8-21-3-4-26-16(21)25/h10-12,22H,3-8H2,1-2H3,(H,18,23)/t10-,11+,12+/m0/s1. The fourth-order valence-corrected chi connectivity index (χ4v) is 3.37. The highest BCUT2D eigenvalue weighted by Crippen LogP contribution is 2.28. The molecule has 2 aliphatic rings. The van der Waals surface area contributed by atoms with Gasteiger partial charge in [-0.2, -0.15) is 4.98 Å². The van der Waals surface area contributed by atoms with E-state index in [1.54, 1.807) is 14.0 Å². The van der Waals surface area contributed by atoms with E-state index in [1.165, 1.54) is 9.80 Å². The van der Waals surface area contributed by atoms with Crippen molar-refractivity contribution in [2.75, 3.05) is 26.7 Å². The summed E-state index contributed by atoms with van der Waals surface area (Å²) in [7, 11) is 1.63. The van der Waals surface area contributed by atoms with Crippen molar-refractivity contribution in [3.8, 4) is 0 Å². The van der Waals surface area contributed by atoms with Gasteiger partial charge >= 0.3 is 6.09 Å². The molecule has 1 aromatic rings. The van der Waals surface area contributed by atoms with Crippen LogP contribution in [0.25, 0.3) is 0 Å². The van der Waals surface area contributed by atoms with Crippen molar-refractivity contribution >= 4 is 17.9 Å². The summed E-state index contributed by atoms with van der Waals surface area (Å²) in [5, 5.41) is 16.7. The average Bonchev–Trinajstić information content (AvgIpc) is 3.30. The van der Waals surface area contributed by atoms with Gasteiger partial charge in [-0.3, -0.25) is 14.5 Å². The van der Waals surface area contributed by atoms with Crippen LogP contribution < -0.4 is 5.32 Å². The van der Waals surface area contributed by atoms with Crippen LogP contribution in [0.3, 0.4) is 0 Å². The molecule has 3 atom stereocenters. The maximum Gasteiger partial charge on any atom is 0.410 e. The van der Waals surface area contributed by atoms with Crippen LogP contribution in [-0.2, 0) is 20.9 Å². The number of aryl methyl sites for hydroxylation is 1. The van der Waals surface area contributed by atoms with E-state index in [2.05, 4.69) is 15.5 Å². The quantitative estimate of drug-likeness (QED) is 0.643. The summed E-state index contributed by atoms with van der Waals surface area (Å²) in [5.74, 6) is -0.130. The number of ether oxygens (including phenoxy) is 1. The Kier molecular flexibility index (Phi) is 5.59. The molecule has 1 saturated carbocycles. The van der Waals surface area contributed by atoms with Gasteiger partial charge in [-0.25, -0.2) is 4.79 Å². The molecule has 0 radical (unpaired) electrons. The predicted octanol–water partition coefficient (Wildman–Crippen LogP) is -0.956. The minimum atomic E-state index is -0.825. The van der Waals surface area contributed by atoms with Crippen LogP contribution in [0.15, 0.2) is 4.52 Å². The molecular formula is C16H23N5O6. The number of nitrogens with zero attached hydrogens (tertiary/aromatic N) is 4. The zero-order valence-electron chi connectivity index (χ0n) is 15.3. The van der Waals surface area contributed by atoms with Crippen LogP contribution in [0.5, 0.6) is 0 Å². The molecule has 2 fully saturated rings. The van der Waals surface area contributed by atoms with Crippen molar-refractivity contribution in [2.45, 2.75) is 38.5 Å². The third-order valence-electron chi connectivity index (χ3n) is 4.73. The van der Waals surface area contributed by atoms with Crippen LogP contribution in [0.4, 0.5) is 4.79 Å². The highest BCUT2D eigenvalue weighted by molar-refractivity contribution is 5.83. The van der Waals surface area contributed by atoms with Crippen molar-refractivity contribution in [2.24, 2.45) is 5.92 Å². The zero-order chi connectivity index (χ0) is 19.6. The molecule has 3 rings (SSSR count). The Morgan fingerprint density at radius 1 is 1.41 bits per heavy atom. The predicted molar refractivity (Wildman–Crippen MR) is 89.1 cm³/mol. The number of carbonyl (C=O) groups is 3. The first-order valence-corrected chi connectivity index (χ1v) is 8.76. The van der Waals surface area contributed by atoms with Crippen LogP contribution in [0.1, 0.15) is 24.6 Å². The number of rotatable bonds is 6. The number of nitrogens with one attached hydrogen (secondary N) is 1. The average molecular weight is 381 g/mol. The van der Waals surface area contributed by atoms with Gasteiger partial charge < -0.3 is 24.6 Å². The Balaban J connectivity index is 1.50. The van der Waals surface area contributed by atoms with Gasteiger partial charge in [0.2, 0.25) is 17.7 Å². The van der Waals surface area contributed by atoms with Crippen LogP contribution in [-0.4, -0.2) is 81.8 Å². The van der Waals surface area contributed by atoms with E-state index in [0.29, 0.717) is 24.7 Å². The van der Waals surface area contributed by atoms with E-state index >= 15 is 0 Å². The maximum atomic E-state index is 12.6. The Hall–Kier alpha value is -2.69. The lowest BCUT2D eigenvalue weighted by atomic mass is 10.1. The lowest BCUT2D eigenvalue weighted by Gasteiger charge is -2.20. The summed E-state index contributed by atoms with van der Waals surface area (Å²) in [6.45, 7) is 2.37. The summed E-state index contributed by atoms with van der Waals surface area (Å²) < 4.78 is 9.66. The van der Waals surface area contributed by atoms with E-state index in [1.807, 2.05) is 0 Å². The Morgan fingerprint density at radius 2 is 2.19 bits per heavy atom. The fourth-order valence-electron chi connectivity index (χ4n) is 3.37. The Morgan fingerprint density at radius 3 is 2.81 bits per heavy atom. The number of hydrogen-bond acceptors (Lipinski definition) is 8. The number of amides is 3. The number of aromatic nitrogens is 2. The topological polar surface area (TPSA) is 138 Å². The molecule has 1 aromatic heterocycles. The second-order valence-electron chi connectivity index (χ2n) is 6.87. The van der Waals surface area contributed by atoms with Gasteiger partial charge in [0.25, 0.3) is 0 Å². The molecule has 1 aliphatic carbocycles. The third kappa shape index (κ3) is 4.54. The zero-order valence-corrected chi connectivity index (χ0v) is 15.3. The summed E-state index contributed by atoms with van der Waals surface area (Å²) in [5.41, 5.74) is 0. The Bertz CT molecular complexity index is 722.